The maximum absolute atomic E-state index is 12.3. The summed E-state index contributed by atoms with van der Waals surface area (Å²) in [5, 5.41) is 6.04. The summed E-state index contributed by atoms with van der Waals surface area (Å²) in [5.74, 6) is 0.00955. The summed E-state index contributed by atoms with van der Waals surface area (Å²) < 4.78 is 0. The molecule has 0 aromatic heterocycles. The monoisotopic (exact) mass is 366 g/mol. The summed E-state index contributed by atoms with van der Waals surface area (Å²) in [7, 11) is 1.96. The zero-order valence-electron chi connectivity index (χ0n) is 14.7. The molecule has 1 saturated heterocycles. The lowest BCUT2D eigenvalue weighted by Gasteiger charge is -2.32. The molecule has 0 atom stereocenters. The van der Waals surface area contributed by atoms with Gasteiger partial charge in [0.1, 0.15) is 0 Å². The summed E-state index contributed by atoms with van der Waals surface area (Å²) >= 11 is 0. The Morgan fingerprint density at radius 2 is 1.76 bits per heavy atom. The van der Waals surface area contributed by atoms with Crippen LogP contribution < -0.4 is 10.6 Å². The van der Waals surface area contributed by atoms with Crippen LogP contribution in [0, 0.1) is 0 Å². The molecule has 1 aromatic carbocycles. The number of piperidine rings is 1. The molecule has 6 nitrogen and oxygen atoms in total. The van der Waals surface area contributed by atoms with Gasteiger partial charge >= 0.3 is 6.03 Å². The van der Waals surface area contributed by atoms with Gasteiger partial charge in [-0.25, -0.2) is 4.79 Å². The first-order valence-electron chi connectivity index (χ1n) is 8.72. The number of likely N-dealkylation sites (tertiary alicyclic amines) is 1. The van der Waals surface area contributed by atoms with Gasteiger partial charge in [0, 0.05) is 32.2 Å². The number of urea groups is 1. The number of fused-ring (bicyclic) bond motifs is 1. The Balaban J connectivity index is 0.00000225. The number of halogens is 1. The Kier molecular flexibility index (Phi) is 7.08. The lowest BCUT2D eigenvalue weighted by atomic mass is 10.0. The number of carbonyl (C=O) groups excluding carboxylic acids is 2. The molecule has 2 aliphatic heterocycles. The average Bonchev–Trinajstić information content (AvgIpc) is 2.65. The molecule has 25 heavy (non-hydrogen) atoms. The van der Waals surface area contributed by atoms with Crippen LogP contribution in [0.2, 0.25) is 0 Å². The molecule has 0 bridgehead atoms. The molecule has 0 saturated carbocycles. The molecule has 2 aliphatic rings. The third-order valence-electron chi connectivity index (χ3n) is 5.06. The highest BCUT2D eigenvalue weighted by atomic mass is 35.5. The highest BCUT2D eigenvalue weighted by Gasteiger charge is 2.24. The molecule has 138 valence electrons. The molecule has 3 rings (SSSR count). The summed E-state index contributed by atoms with van der Waals surface area (Å²) in [5.41, 5.74) is 2.50. The third kappa shape index (κ3) is 4.86. The Morgan fingerprint density at radius 1 is 1.08 bits per heavy atom. The Labute approximate surface area is 155 Å². The summed E-state index contributed by atoms with van der Waals surface area (Å²) in [6, 6.07) is 8.55. The van der Waals surface area contributed by atoms with Crippen LogP contribution in [0.4, 0.5) is 4.79 Å². The topological polar surface area (TPSA) is 64.7 Å². The second-order valence-electron chi connectivity index (χ2n) is 6.54. The quantitative estimate of drug-likeness (QED) is 0.849. The third-order valence-corrected chi connectivity index (χ3v) is 5.06. The first kappa shape index (κ1) is 19.5. The van der Waals surface area contributed by atoms with Crippen molar-refractivity contribution in [2.45, 2.75) is 31.8 Å². The van der Waals surface area contributed by atoms with Crippen molar-refractivity contribution in [3.05, 3.63) is 35.4 Å². The minimum Gasteiger partial charge on any atom is -0.341 e. The summed E-state index contributed by atoms with van der Waals surface area (Å²) in [4.78, 5) is 28.2. The molecule has 1 aromatic rings. The number of rotatable bonds is 3. The molecule has 2 heterocycles. The van der Waals surface area contributed by atoms with Crippen molar-refractivity contribution in [3.63, 3.8) is 0 Å². The van der Waals surface area contributed by atoms with Crippen molar-refractivity contribution in [1.82, 2.24) is 20.4 Å². The van der Waals surface area contributed by atoms with Gasteiger partial charge in [0.25, 0.3) is 0 Å². The molecule has 2 N–H and O–H groups in total. The molecule has 0 unspecified atom stereocenters. The fourth-order valence-electron chi connectivity index (χ4n) is 3.46. The highest BCUT2D eigenvalue weighted by Crippen LogP contribution is 2.18. The van der Waals surface area contributed by atoms with Crippen LogP contribution in [0.15, 0.2) is 24.3 Å². The van der Waals surface area contributed by atoms with Gasteiger partial charge in [-0.2, -0.15) is 0 Å². The van der Waals surface area contributed by atoms with E-state index in [0.29, 0.717) is 19.1 Å². The van der Waals surface area contributed by atoms with Gasteiger partial charge in [0.15, 0.2) is 0 Å². The Hall–Kier alpha value is -1.79. The maximum atomic E-state index is 12.3. The number of hydrogen-bond donors (Lipinski definition) is 2. The largest absolute Gasteiger partial charge is 0.341 e. The van der Waals surface area contributed by atoms with Crippen LogP contribution in [0.25, 0.3) is 0 Å². The van der Waals surface area contributed by atoms with E-state index in [4.69, 9.17) is 0 Å². The Morgan fingerprint density at radius 3 is 2.44 bits per heavy atom. The minimum atomic E-state index is -0.150. The van der Waals surface area contributed by atoms with Gasteiger partial charge in [-0.15, -0.1) is 12.4 Å². The zero-order valence-corrected chi connectivity index (χ0v) is 15.5. The molecular weight excluding hydrogens is 340 g/mol. The molecule has 7 heteroatoms. The number of nitrogens with zero attached hydrogens (tertiary/aromatic N) is 2. The standard InChI is InChI=1S/C18H26N4O2.ClH/c1-19-16-7-10-21(11-8-16)17(23)12-20-18(24)22-9-6-14-4-2-3-5-15(14)13-22;/h2-5,16,19H,6-13H2,1H3,(H,20,24);1H. The summed E-state index contributed by atoms with van der Waals surface area (Å²) in [6.45, 7) is 2.92. The van der Waals surface area contributed by atoms with E-state index in [1.165, 1.54) is 11.1 Å². The van der Waals surface area contributed by atoms with Crippen LogP contribution in [-0.2, 0) is 17.8 Å². The second kappa shape index (κ2) is 9.06. The van der Waals surface area contributed by atoms with E-state index in [-0.39, 0.29) is 30.9 Å². The van der Waals surface area contributed by atoms with Crippen molar-refractivity contribution < 1.29 is 9.59 Å². The van der Waals surface area contributed by atoms with E-state index in [1.807, 2.05) is 24.1 Å². The fourth-order valence-corrected chi connectivity index (χ4v) is 3.46. The van der Waals surface area contributed by atoms with Gasteiger partial charge in [-0.05, 0) is 37.4 Å². The van der Waals surface area contributed by atoms with Crippen molar-refractivity contribution >= 4 is 24.3 Å². The first-order valence-corrected chi connectivity index (χ1v) is 8.72. The van der Waals surface area contributed by atoms with Crippen molar-refractivity contribution in [2.75, 3.05) is 33.2 Å². The lowest BCUT2D eigenvalue weighted by Crippen LogP contribution is -2.49. The number of nitrogens with one attached hydrogen (secondary N) is 2. The predicted octanol–water partition coefficient (Wildman–Crippen LogP) is 1.39. The van der Waals surface area contributed by atoms with Crippen LogP contribution in [0.5, 0.6) is 0 Å². The molecular formula is C18H27ClN4O2. The van der Waals surface area contributed by atoms with E-state index in [1.54, 1.807) is 4.90 Å². The second-order valence-corrected chi connectivity index (χ2v) is 6.54. The van der Waals surface area contributed by atoms with Crippen LogP contribution in [0.3, 0.4) is 0 Å². The van der Waals surface area contributed by atoms with E-state index in [2.05, 4.69) is 22.8 Å². The van der Waals surface area contributed by atoms with Gasteiger partial charge in [-0.1, -0.05) is 24.3 Å². The van der Waals surface area contributed by atoms with Crippen LogP contribution in [-0.4, -0.2) is 61.0 Å². The van der Waals surface area contributed by atoms with E-state index in [0.717, 1.165) is 32.4 Å². The van der Waals surface area contributed by atoms with E-state index < -0.39 is 0 Å². The maximum Gasteiger partial charge on any atom is 0.318 e. The van der Waals surface area contributed by atoms with Gasteiger partial charge in [0.05, 0.1) is 6.54 Å². The van der Waals surface area contributed by atoms with Crippen LogP contribution in [0.1, 0.15) is 24.0 Å². The van der Waals surface area contributed by atoms with Crippen molar-refractivity contribution in [2.24, 2.45) is 0 Å². The molecule has 0 radical (unpaired) electrons. The highest BCUT2D eigenvalue weighted by molar-refractivity contribution is 5.85. The lowest BCUT2D eigenvalue weighted by molar-refractivity contribution is -0.131. The molecule has 0 aliphatic carbocycles. The number of carbonyl (C=O) groups is 2. The van der Waals surface area contributed by atoms with Crippen molar-refractivity contribution in [1.29, 1.82) is 0 Å². The zero-order chi connectivity index (χ0) is 16.9. The average molecular weight is 367 g/mol. The number of benzene rings is 1. The number of amides is 3. The van der Waals surface area contributed by atoms with Crippen molar-refractivity contribution in [3.8, 4) is 0 Å². The predicted molar refractivity (Wildman–Crippen MR) is 99.9 cm³/mol. The summed E-state index contributed by atoms with van der Waals surface area (Å²) in [6.07, 6.45) is 2.81. The molecule has 0 spiro atoms. The van der Waals surface area contributed by atoms with Gasteiger partial charge in [0.2, 0.25) is 5.91 Å². The molecule has 3 amide bonds. The van der Waals surface area contributed by atoms with Crippen LogP contribution >= 0.6 is 12.4 Å². The Bertz CT molecular complexity index is 602. The molecule has 1 fully saturated rings. The smallest absolute Gasteiger partial charge is 0.318 e. The van der Waals surface area contributed by atoms with Gasteiger partial charge in [-0.3, -0.25) is 4.79 Å². The van der Waals surface area contributed by atoms with Gasteiger partial charge < -0.3 is 20.4 Å². The minimum absolute atomic E-state index is 0. The van der Waals surface area contributed by atoms with E-state index >= 15 is 0 Å². The van der Waals surface area contributed by atoms with E-state index in [9.17, 15) is 9.59 Å². The number of hydrogen-bond acceptors (Lipinski definition) is 3. The first-order chi connectivity index (χ1) is 11.7. The fraction of sp³-hybridized carbons (Fsp3) is 0.556. The SMILES string of the molecule is CNC1CCN(C(=O)CNC(=O)N2CCc3ccccc3C2)CC1.Cl. The normalized spacial score (nSPS) is 17.5.